The second-order valence-electron chi connectivity index (χ2n) is 5.76. The van der Waals surface area contributed by atoms with E-state index in [0.717, 1.165) is 12.1 Å². The summed E-state index contributed by atoms with van der Waals surface area (Å²) >= 11 is 0. The molecule has 0 spiro atoms. The van der Waals surface area contributed by atoms with Gasteiger partial charge in [0.05, 0.1) is 0 Å². The van der Waals surface area contributed by atoms with Crippen LogP contribution < -0.4 is 11.1 Å². The first-order valence-corrected chi connectivity index (χ1v) is 6.27. The molecule has 0 aromatic carbocycles. The van der Waals surface area contributed by atoms with Crippen LogP contribution in [-0.4, -0.2) is 28.3 Å². The summed E-state index contributed by atoms with van der Waals surface area (Å²) in [5.41, 5.74) is 7.01. The lowest BCUT2D eigenvalue weighted by Crippen LogP contribution is -2.45. The van der Waals surface area contributed by atoms with Crippen LogP contribution in [0.1, 0.15) is 43.4 Å². The molecule has 3 N–H and O–H groups in total. The van der Waals surface area contributed by atoms with Gasteiger partial charge in [-0.3, -0.25) is 9.48 Å². The van der Waals surface area contributed by atoms with Gasteiger partial charge in [-0.2, -0.15) is 5.10 Å². The second-order valence-corrected chi connectivity index (χ2v) is 5.76. The van der Waals surface area contributed by atoms with Gasteiger partial charge in [-0.25, -0.2) is 0 Å². The SMILES string of the molecule is Cc1cc(C(=O)NC(CCN)C(C)(C)C)nn1C. The normalized spacial score (nSPS) is 13.4. The molecule has 1 amide bonds. The van der Waals surface area contributed by atoms with Gasteiger partial charge in [0.2, 0.25) is 0 Å². The number of amides is 1. The number of carbonyl (C=O) groups is 1. The van der Waals surface area contributed by atoms with Crippen LogP contribution in [0.15, 0.2) is 6.07 Å². The van der Waals surface area contributed by atoms with Gasteiger partial charge in [0.15, 0.2) is 0 Å². The summed E-state index contributed by atoms with van der Waals surface area (Å²) in [6, 6.07) is 1.84. The van der Waals surface area contributed by atoms with Crippen LogP contribution in [0, 0.1) is 12.3 Å². The van der Waals surface area contributed by atoms with Crippen LogP contribution >= 0.6 is 0 Å². The van der Waals surface area contributed by atoms with Crippen molar-refractivity contribution in [3.05, 3.63) is 17.5 Å². The van der Waals surface area contributed by atoms with Gasteiger partial charge < -0.3 is 11.1 Å². The van der Waals surface area contributed by atoms with Crippen molar-refractivity contribution in [3.63, 3.8) is 0 Å². The molecule has 0 saturated heterocycles. The Morgan fingerprint density at radius 1 is 1.56 bits per heavy atom. The van der Waals surface area contributed by atoms with Gasteiger partial charge in [0, 0.05) is 18.8 Å². The van der Waals surface area contributed by atoms with Crippen LogP contribution in [0.2, 0.25) is 0 Å². The number of aromatic nitrogens is 2. The first-order valence-electron chi connectivity index (χ1n) is 6.27. The molecule has 0 aliphatic rings. The summed E-state index contributed by atoms with van der Waals surface area (Å²) in [6.07, 6.45) is 0.765. The smallest absolute Gasteiger partial charge is 0.272 e. The molecular formula is C13H24N4O. The van der Waals surface area contributed by atoms with Gasteiger partial charge in [-0.1, -0.05) is 20.8 Å². The molecule has 0 bridgehead atoms. The van der Waals surface area contributed by atoms with Crippen molar-refractivity contribution in [2.24, 2.45) is 18.2 Å². The number of rotatable bonds is 4. The molecular weight excluding hydrogens is 228 g/mol. The van der Waals surface area contributed by atoms with E-state index in [1.165, 1.54) is 0 Å². The first kappa shape index (κ1) is 14.7. The van der Waals surface area contributed by atoms with E-state index in [1.54, 1.807) is 10.7 Å². The molecule has 5 nitrogen and oxygen atoms in total. The summed E-state index contributed by atoms with van der Waals surface area (Å²) in [7, 11) is 1.83. The Morgan fingerprint density at radius 3 is 2.56 bits per heavy atom. The maximum Gasteiger partial charge on any atom is 0.272 e. The summed E-state index contributed by atoms with van der Waals surface area (Å²) in [6.45, 7) is 8.76. The van der Waals surface area contributed by atoms with Crippen LogP contribution in [0.25, 0.3) is 0 Å². The fourth-order valence-corrected chi connectivity index (χ4v) is 1.79. The fraction of sp³-hybridized carbons (Fsp3) is 0.692. The first-order chi connectivity index (χ1) is 8.25. The minimum atomic E-state index is -0.132. The van der Waals surface area contributed by atoms with Crippen molar-refractivity contribution < 1.29 is 4.79 Å². The zero-order valence-corrected chi connectivity index (χ0v) is 11.9. The molecule has 1 heterocycles. The third-order valence-electron chi connectivity index (χ3n) is 3.15. The third kappa shape index (κ3) is 3.57. The van der Waals surface area contributed by atoms with E-state index < -0.39 is 0 Å². The van der Waals surface area contributed by atoms with Gasteiger partial charge in [-0.05, 0) is 31.4 Å². The Hall–Kier alpha value is -1.36. The standard InChI is InChI=1S/C13H24N4O/c1-9-8-10(16-17(9)5)12(18)15-11(6-7-14)13(2,3)4/h8,11H,6-7,14H2,1-5H3,(H,15,18). The maximum atomic E-state index is 12.1. The predicted octanol–water partition coefficient (Wildman–Crippen LogP) is 1.22. The van der Waals surface area contributed by atoms with Crippen LogP contribution in [0.4, 0.5) is 0 Å². The van der Waals surface area contributed by atoms with Gasteiger partial charge in [0.25, 0.3) is 5.91 Å². The summed E-state index contributed by atoms with van der Waals surface area (Å²) in [4.78, 5) is 12.1. The Kier molecular flexibility index (Phi) is 4.51. The number of hydrogen-bond donors (Lipinski definition) is 2. The van der Waals surface area contributed by atoms with Crippen LogP contribution in [0.5, 0.6) is 0 Å². The highest BCUT2D eigenvalue weighted by atomic mass is 16.2. The largest absolute Gasteiger partial charge is 0.347 e. The van der Waals surface area contributed by atoms with E-state index in [0.29, 0.717) is 12.2 Å². The molecule has 1 atom stereocenters. The van der Waals surface area contributed by atoms with Crippen molar-refractivity contribution in [1.29, 1.82) is 0 Å². The lowest BCUT2D eigenvalue weighted by atomic mass is 9.84. The van der Waals surface area contributed by atoms with Crippen molar-refractivity contribution >= 4 is 5.91 Å². The molecule has 1 aromatic rings. The highest BCUT2D eigenvalue weighted by Crippen LogP contribution is 2.21. The second kappa shape index (κ2) is 5.52. The molecule has 0 aliphatic heterocycles. The minimum Gasteiger partial charge on any atom is -0.347 e. The molecule has 0 radical (unpaired) electrons. The molecule has 0 saturated carbocycles. The van der Waals surface area contributed by atoms with Crippen LogP contribution in [0.3, 0.4) is 0 Å². The number of carbonyl (C=O) groups excluding carboxylic acids is 1. The molecule has 0 fully saturated rings. The number of hydrogen-bond acceptors (Lipinski definition) is 3. The Morgan fingerprint density at radius 2 is 2.17 bits per heavy atom. The highest BCUT2D eigenvalue weighted by Gasteiger charge is 2.26. The van der Waals surface area contributed by atoms with Crippen molar-refractivity contribution in [2.45, 2.75) is 40.2 Å². The molecule has 1 aromatic heterocycles. The van der Waals surface area contributed by atoms with Gasteiger partial charge in [-0.15, -0.1) is 0 Å². The highest BCUT2D eigenvalue weighted by molar-refractivity contribution is 5.92. The molecule has 1 unspecified atom stereocenters. The van der Waals surface area contributed by atoms with E-state index in [4.69, 9.17) is 5.73 Å². The average molecular weight is 252 g/mol. The van der Waals surface area contributed by atoms with Crippen molar-refractivity contribution in [3.8, 4) is 0 Å². The predicted molar refractivity (Wildman–Crippen MR) is 72.3 cm³/mol. The quantitative estimate of drug-likeness (QED) is 0.846. The molecule has 0 aliphatic carbocycles. The zero-order valence-electron chi connectivity index (χ0n) is 11.9. The molecule has 1 rings (SSSR count). The molecule has 5 heteroatoms. The monoisotopic (exact) mass is 252 g/mol. The van der Waals surface area contributed by atoms with E-state index >= 15 is 0 Å². The van der Waals surface area contributed by atoms with E-state index in [-0.39, 0.29) is 17.4 Å². The van der Waals surface area contributed by atoms with E-state index in [9.17, 15) is 4.79 Å². The number of nitrogens with zero attached hydrogens (tertiary/aromatic N) is 2. The van der Waals surface area contributed by atoms with Gasteiger partial charge >= 0.3 is 0 Å². The maximum absolute atomic E-state index is 12.1. The molecule has 18 heavy (non-hydrogen) atoms. The third-order valence-corrected chi connectivity index (χ3v) is 3.15. The van der Waals surface area contributed by atoms with E-state index in [1.807, 2.05) is 14.0 Å². The number of aryl methyl sites for hydroxylation is 2. The Bertz CT molecular complexity index is 398. The van der Waals surface area contributed by atoms with E-state index in [2.05, 4.69) is 31.2 Å². The summed E-state index contributed by atoms with van der Waals surface area (Å²) in [5.74, 6) is -0.132. The van der Waals surface area contributed by atoms with Crippen molar-refractivity contribution in [2.75, 3.05) is 6.54 Å². The Labute approximate surface area is 109 Å². The van der Waals surface area contributed by atoms with Crippen molar-refractivity contribution in [1.82, 2.24) is 15.1 Å². The minimum absolute atomic E-state index is 0.0150. The number of nitrogens with one attached hydrogen (secondary N) is 1. The lowest BCUT2D eigenvalue weighted by Gasteiger charge is -2.31. The summed E-state index contributed by atoms with van der Waals surface area (Å²) < 4.78 is 1.70. The average Bonchev–Trinajstić information content (AvgIpc) is 2.57. The summed E-state index contributed by atoms with van der Waals surface area (Å²) in [5, 5.41) is 7.20. The molecule has 102 valence electrons. The van der Waals surface area contributed by atoms with Gasteiger partial charge in [0.1, 0.15) is 5.69 Å². The fourth-order valence-electron chi connectivity index (χ4n) is 1.79. The lowest BCUT2D eigenvalue weighted by molar-refractivity contribution is 0.0893. The number of nitrogens with two attached hydrogens (primary N) is 1. The zero-order chi connectivity index (χ0) is 13.9. The topological polar surface area (TPSA) is 72.9 Å². The Balaban J connectivity index is 2.78. The van der Waals surface area contributed by atoms with Crippen LogP contribution in [-0.2, 0) is 7.05 Å².